The molecule has 0 aliphatic rings. The summed E-state index contributed by atoms with van der Waals surface area (Å²) in [6.07, 6.45) is 0. The van der Waals surface area contributed by atoms with Crippen molar-refractivity contribution in [2.24, 2.45) is 0 Å². The Bertz CT molecular complexity index is 945. The molecule has 0 bridgehead atoms. The largest absolute Gasteiger partial charge is 0.449 e. The molecule has 0 amide bonds. The summed E-state index contributed by atoms with van der Waals surface area (Å²) in [5.41, 5.74) is 1.63. The zero-order valence-corrected chi connectivity index (χ0v) is 14.9. The van der Waals surface area contributed by atoms with Gasteiger partial charge in [0, 0.05) is 0 Å². The van der Waals surface area contributed by atoms with E-state index < -0.39 is 26.5 Å². The van der Waals surface area contributed by atoms with Crippen LogP contribution in [0.5, 0.6) is 0 Å². The van der Waals surface area contributed by atoms with Crippen LogP contribution < -0.4 is 0 Å². The molecular formula is C15H16O8S2. The molecule has 0 spiro atoms. The Labute approximate surface area is 145 Å². The van der Waals surface area contributed by atoms with E-state index in [1.165, 1.54) is 18.2 Å². The van der Waals surface area contributed by atoms with Gasteiger partial charge in [0.2, 0.25) is 0 Å². The van der Waals surface area contributed by atoms with Crippen LogP contribution in [-0.2, 0) is 24.7 Å². The summed E-state index contributed by atoms with van der Waals surface area (Å²) >= 11 is 0. The molecule has 25 heavy (non-hydrogen) atoms. The summed E-state index contributed by atoms with van der Waals surface area (Å²) < 4.78 is 62.1. The molecule has 136 valence electrons. The van der Waals surface area contributed by atoms with Gasteiger partial charge in [-0.15, -0.1) is 0 Å². The normalized spacial score (nSPS) is 11.2. The van der Waals surface area contributed by atoms with Crippen molar-refractivity contribution in [1.29, 1.82) is 0 Å². The topological polar surface area (TPSA) is 135 Å². The van der Waals surface area contributed by atoms with Gasteiger partial charge in [-0.1, -0.05) is 35.9 Å². The van der Waals surface area contributed by atoms with Crippen molar-refractivity contribution in [1.82, 2.24) is 0 Å². The van der Waals surface area contributed by atoms with Crippen LogP contribution in [0.25, 0.3) is 0 Å². The molecule has 10 heteroatoms. The summed E-state index contributed by atoms with van der Waals surface area (Å²) in [6.45, 7) is 3.47. The predicted octanol–water partition coefficient (Wildman–Crippen LogP) is 2.20. The monoisotopic (exact) mass is 388 g/mol. The van der Waals surface area contributed by atoms with E-state index >= 15 is 0 Å². The molecule has 2 aromatic rings. The molecule has 0 heterocycles. The lowest BCUT2D eigenvalue weighted by Gasteiger charge is -2.02. The molecule has 2 aromatic carbocycles. The van der Waals surface area contributed by atoms with Gasteiger partial charge >= 0.3 is 16.4 Å². The second kappa shape index (κ2) is 8.21. The first-order valence-electron chi connectivity index (χ1n) is 6.71. The van der Waals surface area contributed by atoms with Crippen LogP contribution in [-0.4, -0.2) is 31.9 Å². The Balaban J connectivity index is 0.000000257. The van der Waals surface area contributed by atoms with Crippen molar-refractivity contribution in [2.45, 2.75) is 18.7 Å². The third-order valence-corrected chi connectivity index (χ3v) is 4.09. The van der Waals surface area contributed by atoms with Crippen LogP contribution >= 0.6 is 0 Å². The zero-order chi connectivity index (χ0) is 19.3. The fourth-order valence-corrected chi connectivity index (χ4v) is 2.41. The quantitative estimate of drug-likeness (QED) is 0.764. The third kappa shape index (κ3) is 7.44. The molecule has 8 nitrogen and oxygen atoms in total. The van der Waals surface area contributed by atoms with Gasteiger partial charge in [-0.05, 0) is 37.6 Å². The van der Waals surface area contributed by atoms with Crippen LogP contribution in [0, 0.1) is 13.8 Å². The molecule has 0 aromatic heterocycles. The van der Waals surface area contributed by atoms with E-state index in [2.05, 4.69) is 4.18 Å². The molecule has 0 saturated carbocycles. The van der Waals surface area contributed by atoms with Gasteiger partial charge in [-0.2, -0.15) is 16.8 Å². The molecular weight excluding hydrogens is 372 g/mol. The van der Waals surface area contributed by atoms with E-state index in [4.69, 9.17) is 9.11 Å². The molecule has 0 unspecified atom stereocenters. The van der Waals surface area contributed by atoms with Crippen LogP contribution in [0.4, 0.5) is 0 Å². The second-order valence-corrected chi connectivity index (χ2v) is 7.35. The number of aryl methyl sites for hydroxylation is 2. The number of benzene rings is 2. The first-order chi connectivity index (χ1) is 11.4. The Morgan fingerprint density at radius 1 is 0.880 bits per heavy atom. The Morgan fingerprint density at radius 3 is 1.84 bits per heavy atom. The first kappa shape index (κ1) is 20.8. The van der Waals surface area contributed by atoms with E-state index in [9.17, 15) is 21.6 Å². The van der Waals surface area contributed by atoms with Gasteiger partial charge in [0.1, 0.15) is 0 Å². The highest BCUT2D eigenvalue weighted by Crippen LogP contribution is 2.10. The van der Waals surface area contributed by atoms with Crippen molar-refractivity contribution in [2.75, 3.05) is 0 Å². The summed E-state index contributed by atoms with van der Waals surface area (Å²) in [5.74, 6) is -1.09. The second-order valence-electron chi connectivity index (χ2n) is 4.90. The highest BCUT2D eigenvalue weighted by Gasteiger charge is 2.16. The fourth-order valence-electron chi connectivity index (χ4n) is 1.65. The standard InChI is InChI=1S/C8H8O5S.C7H8O3S/c1-6-4-2-3-5-7(6)8(9)13-14(10,11)12;1-6-2-4-7(5-3-6)11(8,9)10/h2-5H,1H3,(H,10,11,12);2-5H,1H3,(H,8,9,10). The van der Waals surface area contributed by atoms with Crippen LogP contribution in [0.3, 0.4) is 0 Å². The minimum atomic E-state index is -4.74. The van der Waals surface area contributed by atoms with E-state index in [0.29, 0.717) is 5.56 Å². The van der Waals surface area contributed by atoms with Crippen molar-refractivity contribution in [3.05, 3.63) is 65.2 Å². The van der Waals surface area contributed by atoms with Gasteiger partial charge in [0.15, 0.2) is 0 Å². The first-order valence-corrected chi connectivity index (χ1v) is 9.51. The van der Waals surface area contributed by atoms with Gasteiger partial charge < -0.3 is 4.18 Å². The summed E-state index contributed by atoms with van der Waals surface area (Å²) in [5, 5.41) is 0. The van der Waals surface area contributed by atoms with Crippen molar-refractivity contribution in [3.8, 4) is 0 Å². The van der Waals surface area contributed by atoms with E-state index in [1.54, 1.807) is 37.3 Å². The molecule has 0 aliphatic carbocycles. The molecule has 2 N–H and O–H groups in total. The average Bonchev–Trinajstić information content (AvgIpc) is 2.46. The number of hydrogen-bond acceptors (Lipinski definition) is 6. The summed E-state index contributed by atoms with van der Waals surface area (Å²) in [4.78, 5) is 11.1. The maximum atomic E-state index is 11.1. The zero-order valence-electron chi connectivity index (χ0n) is 13.3. The van der Waals surface area contributed by atoms with Crippen molar-refractivity contribution in [3.63, 3.8) is 0 Å². The van der Waals surface area contributed by atoms with Crippen molar-refractivity contribution < 1.29 is 34.9 Å². The summed E-state index contributed by atoms with van der Waals surface area (Å²) in [7, 11) is -8.76. The lowest BCUT2D eigenvalue weighted by atomic mass is 10.1. The number of carbonyl (C=O) groups excluding carboxylic acids is 1. The Hall–Kier alpha value is -2.27. The minimum absolute atomic E-state index is 0.0666. The fraction of sp³-hybridized carbons (Fsp3) is 0.133. The number of rotatable bonds is 3. The summed E-state index contributed by atoms with van der Waals surface area (Å²) in [6, 6.07) is 12.3. The molecule has 0 radical (unpaired) electrons. The van der Waals surface area contributed by atoms with Crippen LogP contribution in [0.1, 0.15) is 21.5 Å². The average molecular weight is 388 g/mol. The Kier molecular flexibility index (Phi) is 6.82. The molecule has 0 fully saturated rings. The molecule has 0 atom stereocenters. The molecule has 0 saturated heterocycles. The van der Waals surface area contributed by atoms with Gasteiger partial charge in [0.05, 0.1) is 10.5 Å². The van der Waals surface area contributed by atoms with E-state index in [1.807, 2.05) is 6.92 Å². The van der Waals surface area contributed by atoms with Gasteiger partial charge in [-0.25, -0.2) is 4.79 Å². The van der Waals surface area contributed by atoms with E-state index in [-0.39, 0.29) is 10.5 Å². The maximum Gasteiger partial charge on any atom is 0.449 e. The van der Waals surface area contributed by atoms with Crippen molar-refractivity contribution >= 4 is 26.5 Å². The minimum Gasteiger partial charge on any atom is -0.320 e. The number of hydrogen-bond donors (Lipinski definition) is 2. The predicted molar refractivity (Wildman–Crippen MR) is 89.1 cm³/mol. The van der Waals surface area contributed by atoms with Crippen LogP contribution in [0.2, 0.25) is 0 Å². The Morgan fingerprint density at radius 2 is 1.40 bits per heavy atom. The molecule has 0 aliphatic heterocycles. The highest BCUT2D eigenvalue weighted by atomic mass is 32.3. The smallest absolute Gasteiger partial charge is 0.320 e. The highest BCUT2D eigenvalue weighted by molar-refractivity contribution is 7.85. The lowest BCUT2D eigenvalue weighted by Crippen LogP contribution is -2.12. The van der Waals surface area contributed by atoms with E-state index in [0.717, 1.165) is 5.56 Å². The molecule has 2 rings (SSSR count). The maximum absolute atomic E-state index is 11.1. The van der Waals surface area contributed by atoms with Crippen LogP contribution in [0.15, 0.2) is 53.4 Å². The third-order valence-electron chi connectivity index (χ3n) is 2.86. The lowest BCUT2D eigenvalue weighted by molar-refractivity contribution is 0.0726. The SMILES string of the molecule is Cc1ccc(S(=O)(=O)O)cc1.Cc1ccccc1C(=O)OS(=O)(=O)O. The van der Waals surface area contributed by atoms with Gasteiger partial charge in [-0.3, -0.25) is 9.11 Å². The number of carbonyl (C=O) groups is 1. The van der Waals surface area contributed by atoms with Gasteiger partial charge in [0.25, 0.3) is 10.1 Å².